The topological polar surface area (TPSA) is 83.6 Å². The van der Waals surface area contributed by atoms with Gasteiger partial charge in [-0.1, -0.05) is 48.9 Å². The normalized spacial score (nSPS) is 20.7. The Morgan fingerprint density at radius 1 is 1.03 bits per heavy atom. The molecule has 1 atom stereocenters. The Morgan fingerprint density at radius 2 is 1.71 bits per heavy atom. The molecule has 0 bridgehead atoms. The van der Waals surface area contributed by atoms with Gasteiger partial charge in [0.15, 0.2) is 5.78 Å². The highest BCUT2D eigenvalue weighted by atomic mass is 32.2. The van der Waals surface area contributed by atoms with Gasteiger partial charge in [0.2, 0.25) is 15.9 Å². The molecule has 2 aromatic rings. The summed E-state index contributed by atoms with van der Waals surface area (Å²) in [6.07, 6.45) is 4.09. The van der Waals surface area contributed by atoms with E-state index in [9.17, 15) is 18.0 Å². The van der Waals surface area contributed by atoms with Crippen LogP contribution in [-0.4, -0.2) is 43.5 Å². The van der Waals surface area contributed by atoms with Crippen LogP contribution in [0.15, 0.2) is 59.5 Å². The summed E-state index contributed by atoms with van der Waals surface area (Å²) in [5.74, 6) is -0.350. The van der Waals surface area contributed by atoms with Crippen molar-refractivity contribution in [1.82, 2.24) is 9.62 Å². The molecule has 6 nitrogen and oxygen atoms in total. The van der Waals surface area contributed by atoms with Gasteiger partial charge in [-0.3, -0.25) is 9.59 Å². The van der Waals surface area contributed by atoms with E-state index in [0.717, 1.165) is 25.7 Å². The van der Waals surface area contributed by atoms with E-state index >= 15 is 0 Å². The molecule has 1 unspecified atom stereocenters. The Balaban J connectivity index is 1.49. The van der Waals surface area contributed by atoms with Crippen molar-refractivity contribution in [2.24, 2.45) is 0 Å². The molecule has 164 valence electrons. The van der Waals surface area contributed by atoms with Gasteiger partial charge in [0.25, 0.3) is 0 Å². The number of carbonyl (C=O) groups is 2. The summed E-state index contributed by atoms with van der Waals surface area (Å²) in [7, 11) is -3.83. The first-order valence-electron chi connectivity index (χ1n) is 10.8. The maximum Gasteiger partial charge on any atom is 0.243 e. The largest absolute Gasteiger partial charge is 0.354 e. The minimum atomic E-state index is -3.83. The average Bonchev–Trinajstić information content (AvgIpc) is 3.59. The molecule has 0 spiro atoms. The Morgan fingerprint density at radius 3 is 2.32 bits per heavy atom. The van der Waals surface area contributed by atoms with Crippen LogP contribution in [0.4, 0.5) is 0 Å². The quantitative estimate of drug-likeness (QED) is 0.670. The summed E-state index contributed by atoms with van der Waals surface area (Å²) in [4.78, 5) is 24.7. The zero-order valence-corrected chi connectivity index (χ0v) is 18.5. The number of carbonyl (C=O) groups excluding carboxylic acids is 2. The lowest BCUT2D eigenvalue weighted by atomic mass is 9.95. The first kappa shape index (κ1) is 21.7. The van der Waals surface area contributed by atoms with Crippen LogP contribution in [0.2, 0.25) is 0 Å². The molecule has 4 rings (SSSR count). The number of amides is 1. The molecule has 2 fully saturated rings. The predicted octanol–water partition coefficient (Wildman–Crippen LogP) is 3.28. The molecule has 1 saturated carbocycles. The van der Waals surface area contributed by atoms with Crippen LogP contribution in [0.5, 0.6) is 0 Å². The van der Waals surface area contributed by atoms with Crippen LogP contribution in [0.25, 0.3) is 0 Å². The monoisotopic (exact) mass is 440 g/mol. The first-order chi connectivity index (χ1) is 14.8. The van der Waals surface area contributed by atoms with Gasteiger partial charge in [-0.2, -0.15) is 4.31 Å². The molecule has 7 heteroatoms. The van der Waals surface area contributed by atoms with Crippen molar-refractivity contribution in [3.05, 3.63) is 65.7 Å². The highest BCUT2D eigenvalue weighted by Gasteiger charge is 2.45. The number of Topliss-reactive ketones (excluding diaryl/α,β-unsaturated/α-hetero) is 1. The summed E-state index contributed by atoms with van der Waals surface area (Å²) < 4.78 is 27.9. The number of benzene rings is 2. The fraction of sp³-hybridized carbons (Fsp3) is 0.417. The van der Waals surface area contributed by atoms with Gasteiger partial charge >= 0.3 is 0 Å². The van der Waals surface area contributed by atoms with Crippen molar-refractivity contribution in [1.29, 1.82) is 0 Å². The highest BCUT2D eigenvalue weighted by Crippen LogP contribution is 2.47. The number of piperidine rings is 1. The zero-order chi connectivity index (χ0) is 22.1. The van der Waals surface area contributed by atoms with Crippen molar-refractivity contribution in [3.8, 4) is 0 Å². The summed E-state index contributed by atoms with van der Waals surface area (Å²) in [6.45, 7) is 2.28. The predicted molar refractivity (Wildman–Crippen MR) is 118 cm³/mol. The minimum absolute atomic E-state index is 0.0299. The molecule has 1 saturated heterocycles. The standard InChI is InChI=1S/C24H28N2O4S/c1-18(27)19-10-12-21(13-11-19)31(29,30)26-16-6-5-9-22(26)23(28)25-17-24(14-15-24)20-7-3-2-4-8-20/h2-4,7-8,10-13,22H,5-6,9,14-17H2,1H3,(H,25,28). The van der Waals surface area contributed by atoms with Crippen LogP contribution in [-0.2, 0) is 20.2 Å². The Hall–Kier alpha value is -2.51. The first-order valence-corrected chi connectivity index (χ1v) is 12.2. The second-order valence-corrected chi connectivity index (χ2v) is 10.5. The molecule has 2 aromatic carbocycles. The average molecular weight is 441 g/mol. The van der Waals surface area contributed by atoms with Gasteiger partial charge < -0.3 is 5.32 Å². The third-order valence-corrected chi connectivity index (χ3v) is 8.39. The van der Waals surface area contributed by atoms with E-state index in [1.165, 1.54) is 41.1 Å². The number of nitrogens with zero attached hydrogens (tertiary/aromatic N) is 1. The fourth-order valence-electron chi connectivity index (χ4n) is 4.34. The number of rotatable bonds is 7. The van der Waals surface area contributed by atoms with E-state index in [1.807, 2.05) is 18.2 Å². The minimum Gasteiger partial charge on any atom is -0.354 e. The molecule has 1 aliphatic carbocycles. The van der Waals surface area contributed by atoms with Crippen LogP contribution in [0.3, 0.4) is 0 Å². The van der Waals surface area contributed by atoms with E-state index in [2.05, 4.69) is 17.4 Å². The van der Waals surface area contributed by atoms with Crippen molar-refractivity contribution in [2.45, 2.75) is 55.4 Å². The molecular weight excluding hydrogens is 412 g/mol. The molecule has 0 radical (unpaired) electrons. The maximum absolute atomic E-state index is 13.3. The van der Waals surface area contributed by atoms with Gasteiger partial charge in [-0.15, -0.1) is 0 Å². The van der Waals surface area contributed by atoms with Crippen LogP contribution in [0, 0.1) is 0 Å². The summed E-state index contributed by atoms with van der Waals surface area (Å²) in [5, 5.41) is 3.04. The zero-order valence-electron chi connectivity index (χ0n) is 17.7. The number of ketones is 1. The van der Waals surface area contributed by atoms with Crippen LogP contribution in [0.1, 0.15) is 54.9 Å². The molecule has 2 aliphatic rings. The Bertz CT molecular complexity index is 1060. The van der Waals surface area contributed by atoms with Crippen molar-refractivity contribution < 1.29 is 18.0 Å². The third-order valence-electron chi connectivity index (χ3n) is 6.46. The summed E-state index contributed by atoms with van der Waals surface area (Å²) >= 11 is 0. The molecule has 1 N–H and O–H groups in total. The van der Waals surface area contributed by atoms with Crippen molar-refractivity contribution in [2.75, 3.05) is 13.1 Å². The molecular formula is C24H28N2O4S. The van der Waals surface area contributed by atoms with Crippen molar-refractivity contribution in [3.63, 3.8) is 0 Å². The summed E-state index contributed by atoms with van der Waals surface area (Å²) in [6, 6.07) is 15.4. The lowest BCUT2D eigenvalue weighted by molar-refractivity contribution is -0.125. The van der Waals surface area contributed by atoms with Crippen LogP contribution < -0.4 is 5.32 Å². The van der Waals surface area contributed by atoms with E-state index < -0.39 is 16.1 Å². The molecule has 0 aromatic heterocycles. The lowest BCUT2D eigenvalue weighted by Gasteiger charge is -2.34. The van der Waals surface area contributed by atoms with E-state index in [-0.39, 0.29) is 22.0 Å². The van der Waals surface area contributed by atoms with Gasteiger partial charge in [0.05, 0.1) is 4.90 Å². The molecule has 1 heterocycles. The number of nitrogens with one attached hydrogen (secondary N) is 1. The van der Waals surface area contributed by atoms with Gasteiger partial charge in [0.1, 0.15) is 6.04 Å². The van der Waals surface area contributed by atoms with Crippen molar-refractivity contribution >= 4 is 21.7 Å². The Kier molecular flexibility index (Phi) is 5.99. The molecule has 1 aliphatic heterocycles. The second kappa shape index (κ2) is 8.55. The maximum atomic E-state index is 13.3. The third kappa shape index (κ3) is 4.43. The smallest absolute Gasteiger partial charge is 0.243 e. The van der Waals surface area contributed by atoms with E-state index in [4.69, 9.17) is 0 Å². The van der Waals surface area contributed by atoms with Gasteiger partial charge in [-0.25, -0.2) is 8.42 Å². The fourth-order valence-corrected chi connectivity index (χ4v) is 5.99. The van der Waals surface area contributed by atoms with Gasteiger partial charge in [-0.05, 0) is 50.3 Å². The number of sulfonamides is 1. The molecule has 31 heavy (non-hydrogen) atoms. The molecule has 1 amide bonds. The lowest BCUT2D eigenvalue weighted by Crippen LogP contribution is -2.52. The second-order valence-electron chi connectivity index (χ2n) is 8.57. The Labute approximate surface area is 183 Å². The number of hydrogen-bond donors (Lipinski definition) is 1. The summed E-state index contributed by atoms with van der Waals surface area (Å²) in [5.41, 5.74) is 1.65. The van der Waals surface area contributed by atoms with E-state index in [0.29, 0.717) is 25.1 Å². The van der Waals surface area contributed by atoms with Crippen LogP contribution >= 0.6 is 0 Å². The van der Waals surface area contributed by atoms with Gasteiger partial charge in [0, 0.05) is 24.1 Å². The van der Waals surface area contributed by atoms with E-state index in [1.54, 1.807) is 0 Å². The highest BCUT2D eigenvalue weighted by molar-refractivity contribution is 7.89. The number of hydrogen-bond acceptors (Lipinski definition) is 4. The SMILES string of the molecule is CC(=O)c1ccc(S(=O)(=O)N2CCCCC2C(=O)NCC2(c3ccccc3)CC2)cc1.